The summed E-state index contributed by atoms with van der Waals surface area (Å²) in [5.41, 5.74) is -0.0543. The van der Waals surface area contributed by atoms with E-state index in [-0.39, 0.29) is 11.3 Å². The maximum atomic E-state index is 12.8. The van der Waals surface area contributed by atoms with Crippen LogP contribution in [-0.2, 0) is 6.54 Å². The van der Waals surface area contributed by atoms with Gasteiger partial charge in [0.1, 0.15) is 17.1 Å². The molecule has 1 aromatic carbocycles. The fourth-order valence-electron chi connectivity index (χ4n) is 2.78. The molecule has 0 aliphatic carbocycles. The second kappa shape index (κ2) is 7.21. The van der Waals surface area contributed by atoms with E-state index < -0.39 is 11.3 Å². The predicted octanol–water partition coefficient (Wildman–Crippen LogP) is 4.00. The molecule has 0 saturated heterocycles. The van der Waals surface area contributed by atoms with Crippen molar-refractivity contribution in [2.75, 3.05) is 0 Å². The van der Waals surface area contributed by atoms with E-state index in [1.807, 2.05) is 13.0 Å². The SMILES string of the molecule is CCCCn1c(=O)c(C(=O)/C=C/c2ccco2)c(O)c2ccccc21. The van der Waals surface area contributed by atoms with Crippen molar-refractivity contribution in [3.05, 3.63) is 70.4 Å². The number of aromatic hydroxyl groups is 1. The zero-order chi connectivity index (χ0) is 17.8. The summed E-state index contributed by atoms with van der Waals surface area (Å²) in [5.74, 6) is -0.322. The third kappa shape index (κ3) is 3.26. The molecule has 0 aliphatic heterocycles. The summed E-state index contributed by atoms with van der Waals surface area (Å²) < 4.78 is 6.70. The number of unbranched alkanes of at least 4 members (excludes halogenated alkanes) is 1. The van der Waals surface area contributed by atoms with Crippen LogP contribution in [0, 0.1) is 0 Å². The number of nitrogens with zero attached hydrogens (tertiary/aromatic N) is 1. The highest BCUT2D eigenvalue weighted by Crippen LogP contribution is 2.27. The molecular weight excluding hydrogens is 318 g/mol. The number of benzene rings is 1. The van der Waals surface area contributed by atoms with Gasteiger partial charge in [0.15, 0.2) is 5.78 Å². The highest BCUT2D eigenvalue weighted by Gasteiger charge is 2.20. The number of furan rings is 1. The smallest absolute Gasteiger partial charge is 0.266 e. The van der Waals surface area contributed by atoms with Crippen LogP contribution >= 0.6 is 0 Å². The van der Waals surface area contributed by atoms with E-state index >= 15 is 0 Å². The lowest BCUT2D eigenvalue weighted by molar-refractivity contribution is 0.104. The summed E-state index contributed by atoms with van der Waals surface area (Å²) in [6.45, 7) is 2.53. The van der Waals surface area contributed by atoms with Crippen LogP contribution in [0.15, 0.2) is 57.9 Å². The highest BCUT2D eigenvalue weighted by molar-refractivity contribution is 6.11. The van der Waals surface area contributed by atoms with Gasteiger partial charge in [-0.2, -0.15) is 0 Å². The van der Waals surface area contributed by atoms with Crippen molar-refractivity contribution in [3.8, 4) is 5.75 Å². The molecule has 0 aliphatic rings. The van der Waals surface area contributed by atoms with Gasteiger partial charge in [0.05, 0.1) is 11.8 Å². The lowest BCUT2D eigenvalue weighted by Gasteiger charge is -2.13. The largest absolute Gasteiger partial charge is 0.506 e. The van der Waals surface area contributed by atoms with E-state index in [2.05, 4.69) is 0 Å². The molecular formula is C20H19NO4. The maximum Gasteiger partial charge on any atom is 0.266 e. The molecule has 3 rings (SSSR count). The van der Waals surface area contributed by atoms with Crippen LogP contribution in [0.3, 0.4) is 0 Å². The first-order valence-corrected chi connectivity index (χ1v) is 8.24. The van der Waals surface area contributed by atoms with Gasteiger partial charge in [0.25, 0.3) is 5.56 Å². The number of rotatable bonds is 6. The van der Waals surface area contributed by atoms with Crippen LogP contribution in [0.25, 0.3) is 17.0 Å². The second-order valence-electron chi connectivity index (χ2n) is 5.76. The number of aromatic nitrogens is 1. The lowest BCUT2D eigenvalue weighted by atomic mass is 10.1. The van der Waals surface area contributed by atoms with Gasteiger partial charge >= 0.3 is 0 Å². The van der Waals surface area contributed by atoms with E-state index in [0.717, 1.165) is 12.8 Å². The van der Waals surface area contributed by atoms with Gasteiger partial charge in [-0.3, -0.25) is 9.59 Å². The number of aryl methyl sites for hydroxylation is 1. The monoisotopic (exact) mass is 337 g/mol. The molecule has 0 fully saturated rings. The molecule has 3 aromatic rings. The number of carbonyl (C=O) groups is 1. The molecule has 0 bridgehead atoms. The van der Waals surface area contributed by atoms with Crippen LogP contribution in [0.1, 0.15) is 35.9 Å². The number of hydrogen-bond acceptors (Lipinski definition) is 4. The zero-order valence-electron chi connectivity index (χ0n) is 13.9. The molecule has 0 saturated carbocycles. The van der Waals surface area contributed by atoms with Crippen LogP contribution in [0.2, 0.25) is 0 Å². The standard InChI is InChI=1S/C20H19NO4/c1-2-3-12-21-16-9-5-4-8-15(16)19(23)18(20(21)24)17(22)11-10-14-7-6-13-25-14/h4-11,13,23H,2-3,12H2,1H3/b11-10+. The zero-order valence-corrected chi connectivity index (χ0v) is 13.9. The molecule has 2 aromatic heterocycles. The number of para-hydroxylation sites is 1. The summed E-state index contributed by atoms with van der Waals surface area (Å²) in [7, 11) is 0. The molecule has 25 heavy (non-hydrogen) atoms. The molecule has 0 amide bonds. The first kappa shape index (κ1) is 16.8. The van der Waals surface area contributed by atoms with Crippen LogP contribution in [-0.4, -0.2) is 15.5 Å². The van der Waals surface area contributed by atoms with E-state index in [1.54, 1.807) is 34.9 Å². The summed E-state index contributed by atoms with van der Waals surface area (Å²) >= 11 is 0. The van der Waals surface area contributed by atoms with Crippen molar-refractivity contribution in [1.29, 1.82) is 0 Å². The highest BCUT2D eigenvalue weighted by atomic mass is 16.3. The van der Waals surface area contributed by atoms with Crippen molar-refractivity contribution >= 4 is 22.8 Å². The third-order valence-electron chi connectivity index (χ3n) is 4.07. The van der Waals surface area contributed by atoms with Crippen molar-refractivity contribution in [2.45, 2.75) is 26.3 Å². The Labute approximate surface area is 144 Å². The van der Waals surface area contributed by atoms with Gasteiger partial charge in [0, 0.05) is 11.9 Å². The van der Waals surface area contributed by atoms with Gasteiger partial charge in [-0.1, -0.05) is 25.5 Å². The Kier molecular flexibility index (Phi) is 4.84. The van der Waals surface area contributed by atoms with E-state index in [9.17, 15) is 14.7 Å². The fraction of sp³-hybridized carbons (Fsp3) is 0.200. The van der Waals surface area contributed by atoms with E-state index in [4.69, 9.17) is 4.42 Å². The molecule has 0 radical (unpaired) electrons. The Morgan fingerprint density at radius 3 is 2.76 bits per heavy atom. The molecule has 5 nitrogen and oxygen atoms in total. The Hall–Kier alpha value is -3.08. The topological polar surface area (TPSA) is 72.4 Å². The van der Waals surface area contributed by atoms with Crippen LogP contribution < -0.4 is 5.56 Å². The van der Waals surface area contributed by atoms with Gasteiger partial charge in [-0.25, -0.2) is 0 Å². The quantitative estimate of drug-likeness (QED) is 0.545. The fourth-order valence-corrected chi connectivity index (χ4v) is 2.78. The Bertz CT molecular complexity index is 981. The summed E-state index contributed by atoms with van der Waals surface area (Å²) in [5, 5.41) is 11.0. The minimum Gasteiger partial charge on any atom is -0.506 e. The van der Waals surface area contributed by atoms with Gasteiger partial charge in [0.2, 0.25) is 0 Å². The van der Waals surface area contributed by atoms with Gasteiger partial charge in [-0.05, 0) is 42.8 Å². The number of ketones is 1. The number of carbonyl (C=O) groups excluding carboxylic acids is 1. The molecule has 0 unspecified atom stereocenters. The van der Waals surface area contributed by atoms with Gasteiger partial charge in [-0.15, -0.1) is 0 Å². The Morgan fingerprint density at radius 2 is 2.04 bits per heavy atom. The maximum absolute atomic E-state index is 12.8. The molecule has 0 atom stereocenters. The molecule has 0 spiro atoms. The van der Waals surface area contributed by atoms with Gasteiger partial charge < -0.3 is 14.1 Å². The van der Waals surface area contributed by atoms with Crippen molar-refractivity contribution in [2.24, 2.45) is 0 Å². The van der Waals surface area contributed by atoms with Crippen molar-refractivity contribution < 1.29 is 14.3 Å². The average molecular weight is 337 g/mol. The molecule has 1 N–H and O–H groups in total. The minimum atomic E-state index is -0.546. The molecule has 128 valence electrons. The number of hydrogen-bond donors (Lipinski definition) is 1. The van der Waals surface area contributed by atoms with E-state index in [0.29, 0.717) is 23.2 Å². The first-order chi connectivity index (χ1) is 12.1. The summed E-state index contributed by atoms with van der Waals surface area (Å²) in [6, 6.07) is 10.5. The van der Waals surface area contributed by atoms with E-state index in [1.165, 1.54) is 18.4 Å². The lowest BCUT2D eigenvalue weighted by Crippen LogP contribution is -2.26. The average Bonchev–Trinajstić information content (AvgIpc) is 3.13. The summed E-state index contributed by atoms with van der Waals surface area (Å²) in [4.78, 5) is 25.4. The minimum absolute atomic E-state index is 0.211. The van der Waals surface area contributed by atoms with Crippen molar-refractivity contribution in [3.63, 3.8) is 0 Å². The predicted molar refractivity (Wildman–Crippen MR) is 96.9 cm³/mol. The second-order valence-corrected chi connectivity index (χ2v) is 5.76. The van der Waals surface area contributed by atoms with Crippen molar-refractivity contribution in [1.82, 2.24) is 4.57 Å². The third-order valence-corrected chi connectivity index (χ3v) is 4.07. The molecule has 5 heteroatoms. The summed E-state index contributed by atoms with van der Waals surface area (Å²) in [6.07, 6.45) is 5.95. The molecule has 2 heterocycles. The number of pyridine rings is 1. The van der Waals surface area contributed by atoms with Crippen LogP contribution in [0.5, 0.6) is 5.75 Å². The van der Waals surface area contributed by atoms with Crippen LogP contribution in [0.4, 0.5) is 0 Å². The number of allylic oxidation sites excluding steroid dienone is 1. The Balaban J connectivity index is 2.14. The first-order valence-electron chi connectivity index (χ1n) is 8.24. The number of fused-ring (bicyclic) bond motifs is 1. The normalized spacial score (nSPS) is 11.4. The Morgan fingerprint density at radius 1 is 1.24 bits per heavy atom.